The Kier molecular flexibility index (Phi) is 5.38. The fourth-order valence-corrected chi connectivity index (χ4v) is 2.69. The number of nitrogens with zero attached hydrogens (tertiary/aromatic N) is 2. The molecule has 0 unspecified atom stereocenters. The molecule has 19 heavy (non-hydrogen) atoms. The van der Waals surface area contributed by atoms with E-state index in [1.165, 1.54) is 11.9 Å². The summed E-state index contributed by atoms with van der Waals surface area (Å²) >= 11 is 6.72. The molecule has 0 N–H and O–H groups in total. The Balaban J connectivity index is 2.81. The van der Waals surface area contributed by atoms with Gasteiger partial charge in [-0.05, 0) is 32.9 Å². The van der Waals surface area contributed by atoms with Crippen molar-refractivity contribution in [3.8, 4) is 0 Å². The van der Waals surface area contributed by atoms with Gasteiger partial charge in [0.05, 0.1) is 0 Å². The van der Waals surface area contributed by atoms with Crippen molar-refractivity contribution in [3.05, 3.63) is 30.3 Å². The monoisotopic (exact) mass is 296 g/mol. The zero-order valence-corrected chi connectivity index (χ0v) is 13.6. The molecule has 0 saturated heterocycles. The van der Waals surface area contributed by atoms with Crippen LogP contribution in [0.3, 0.4) is 0 Å². The number of para-hydroxylation sites is 1. The molecule has 0 spiro atoms. The average molecular weight is 296 g/mol. The number of rotatable bonds is 1. The lowest BCUT2D eigenvalue weighted by molar-refractivity contribution is -0.126. The Labute approximate surface area is 125 Å². The van der Waals surface area contributed by atoms with Crippen molar-refractivity contribution in [3.63, 3.8) is 0 Å². The number of thiocarbonyl (C=S) groups is 1. The van der Waals surface area contributed by atoms with Gasteiger partial charge in [-0.15, -0.1) is 0 Å². The van der Waals surface area contributed by atoms with Crippen LogP contribution in [0, 0.1) is 0 Å². The van der Waals surface area contributed by atoms with E-state index >= 15 is 0 Å². The number of amides is 1. The van der Waals surface area contributed by atoms with Gasteiger partial charge in [-0.25, -0.2) is 0 Å². The molecule has 1 aromatic carbocycles. The second kappa shape index (κ2) is 6.39. The van der Waals surface area contributed by atoms with E-state index in [2.05, 4.69) is 0 Å². The van der Waals surface area contributed by atoms with Gasteiger partial charge in [-0.2, -0.15) is 0 Å². The highest BCUT2D eigenvalue weighted by molar-refractivity contribution is 8.22. The summed E-state index contributed by atoms with van der Waals surface area (Å²) < 4.78 is 2.35. The first-order valence-electron chi connectivity index (χ1n) is 6.05. The van der Waals surface area contributed by atoms with Crippen LogP contribution in [0.25, 0.3) is 0 Å². The van der Waals surface area contributed by atoms with Gasteiger partial charge < -0.3 is 4.90 Å². The number of carbonyl (C=O) groups is 1. The molecule has 3 nitrogen and oxygen atoms in total. The van der Waals surface area contributed by atoms with Crippen LogP contribution in [0.2, 0.25) is 0 Å². The van der Waals surface area contributed by atoms with Crippen molar-refractivity contribution in [1.82, 2.24) is 4.31 Å². The Hall–Kier alpha value is -1.07. The topological polar surface area (TPSA) is 23.6 Å². The molecule has 0 aliphatic rings. The highest BCUT2D eigenvalue weighted by atomic mass is 32.2. The van der Waals surface area contributed by atoms with Gasteiger partial charge in [0.2, 0.25) is 5.91 Å². The predicted octanol–water partition coefficient (Wildman–Crippen LogP) is 3.70. The minimum absolute atomic E-state index is 0.00121. The largest absolute Gasteiger partial charge is 0.329 e. The number of hydrogen-bond donors (Lipinski definition) is 0. The van der Waals surface area contributed by atoms with Gasteiger partial charge in [-0.1, -0.05) is 30.4 Å². The van der Waals surface area contributed by atoms with Crippen molar-refractivity contribution >= 4 is 40.1 Å². The first-order valence-corrected chi connectivity index (χ1v) is 7.23. The molecule has 0 atom stereocenters. The minimum Gasteiger partial charge on any atom is -0.329 e. The van der Waals surface area contributed by atoms with Gasteiger partial charge >= 0.3 is 0 Å². The first-order chi connectivity index (χ1) is 8.73. The van der Waals surface area contributed by atoms with Gasteiger partial charge in [-0.3, -0.25) is 9.10 Å². The number of carbonyl (C=O) groups excluding carboxylic acids is 1. The van der Waals surface area contributed by atoms with E-state index in [0.717, 1.165) is 5.69 Å². The fraction of sp³-hybridized carbons (Fsp3) is 0.429. The summed E-state index contributed by atoms with van der Waals surface area (Å²) in [6.45, 7) is 7.54. The lowest BCUT2D eigenvalue weighted by Gasteiger charge is -2.34. The Bertz CT molecular complexity index is 454. The van der Waals surface area contributed by atoms with Crippen molar-refractivity contribution in [2.45, 2.75) is 33.2 Å². The molecule has 1 rings (SSSR count). The molecular weight excluding hydrogens is 276 g/mol. The molecule has 0 heterocycles. The van der Waals surface area contributed by atoms with Crippen molar-refractivity contribution in [2.75, 3.05) is 11.9 Å². The first kappa shape index (κ1) is 16.0. The summed E-state index contributed by atoms with van der Waals surface area (Å²) in [6.07, 6.45) is 0. The molecule has 0 aliphatic heterocycles. The SMILES string of the molecule is CC(=O)N(SC(=S)N(C)c1ccccc1)C(C)(C)C. The second-order valence-corrected chi connectivity index (χ2v) is 6.82. The van der Waals surface area contributed by atoms with Gasteiger partial charge in [0, 0.05) is 37.1 Å². The van der Waals surface area contributed by atoms with Gasteiger partial charge in [0.15, 0.2) is 4.32 Å². The van der Waals surface area contributed by atoms with E-state index in [-0.39, 0.29) is 11.4 Å². The van der Waals surface area contributed by atoms with Crippen LogP contribution in [-0.4, -0.2) is 27.1 Å². The quantitative estimate of drug-likeness (QED) is 0.582. The summed E-state index contributed by atoms with van der Waals surface area (Å²) in [5.74, 6) is 0.00121. The summed E-state index contributed by atoms with van der Waals surface area (Å²) in [6, 6.07) is 9.87. The highest BCUT2D eigenvalue weighted by Crippen LogP contribution is 2.27. The number of anilines is 1. The molecule has 0 fully saturated rings. The van der Waals surface area contributed by atoms with Crippen LogP contribution < -0.4 is 4.90 Å². The maximum Gasteiger partial charge on any atom is 0.230 e. The van der Waals surface area contributed by atoms with Crippen molar-refractivity contribution < 1.29 is 4.79 Å². The van der Waals surface area contributed by atoms with Crippen LogP contribution in [-0.2, 0) is 4.79 Å². The standard InChI is InChI=1S/C14H20N2OS2/c1-11(17)16(14(2,3)4)19-13(18)15(5)12-9-7-6-8-10-12/h6-10H,1-5H3. The van der Waals surface area contributed by atoms with E-state index in [0.29, 0.717) is 4.32 Å². The van der Waals surface area contributed by atoms with Gasteiger partial charge in [0.25, 0.3) is 0 Å². The summed E-state index contributed by atoms with van der Waals surface area (Å²) in [5, 5.41) is 0. The molecule has 104 valence electrons. The Morgan fingerprint density at radius 3 is 2.16 bits per heavy atom. The summed E-state index contributed by atoms with van der Waals surface area (Å²) in [7, 11) is 1.91. The van der Waals surface area contributed by atoms with E-state index in [1.807, 2.05) is 63.1 Å². The second-order valence-electron chi connectivity index (χ2n) is 5.24. The molecule has 0 saturated carbocycles. The van der Waals surface area contributed by atoms with Crippen LogP contribution in [0.5, 0.6) is 0 Å². The highest BCUT2D eigenvalue weighted by Gasteiger charge is 2.27. The third kappa shape index (κ3) is 4.51. The molecule has 0 bridgehead atoms. The lowest BCUT2D eigenvalue weighted by Crippen LogP contribution is -2.41. The number of hydrogen-bond acceptors (Lipinski definition) is 3. The van der Waals surface area contributed by atoms with Crippen molar-refractivity contribution in [1.29, 1.82) is 0 Å². The van der Waals surface area contributed by atoms with Crippen molar-refractivity contribution in [2.24, 2.45) is 0 Å². The normalized spacial score (nSPS) is 11.0. The average Bonchev–Trinajstić information content (AvgIpc) is 2.34. The fourth-order valence-electron chi connectivity index (χ4n) is 1.57. The Morgan fingerprint density at radius 1 is 1.21 bits per heavy atom. The smallest absolute Gasteiger partial charge is 0.230 e. The third-order valence-electron chi connectivity index (χ3n) is 2.48. The van der Waals surface area contributed by atoms with Crippen LogP contribution in [0.15, 0.2) is 30.3 Å². The lowest BCUT2D eigenvalue weighted by atomic mass is 10.1. The van der Waals surface area contributed by atoms with Crippen LogP contribution >= 0.6 is 24.2 Å². The maximum atomic E-state index is 11.7. The number of benzene rings is 1. The third-order valence-corrected chi connectivity index (χ3v) is 4.40. The molecule has 0 radical (unpaired) electrons. The van der Waals surface area contributed by atoms with Crippen LogP contribution in [0.4, 0.5) is 5.69 Å². The molecule has 0 aliphatic carbocycles. The zero-order valence-electron chi connectivity index (χ0n) is 12.0. The van der Waals surface area contributed by atoms with E-state index < -0.39 is 0 Å². The maximum absolute atomic E-state index is 11.7. The molecule has 0 aromatic heterocycles. The summed E-state index contributed by atoms with van der Waals surface area (Å²) in [5.41, 5.74) is 0.746. The summed E-state index contributed by atoms with van der Waals surface area (Å²) in [4.78, 5) is 13.6. The molecule has 1 amide bonds. The molecule has 5 heteroatoms. The Morgan fingerprint density at radius 2 is 1.74 bits per heavy atom. The zero-order chi connectivity index (χ0) is 14.6. The van der Waals surface area contributed by atoms with E-state index in [9.17, 15) is 4.79 Å². The minimum atomic E-state index is -0.266. The van der Waals surface area contributed by atoms with Gasteiger partial charge in [0.1, 0.15) is 0 Å². The van der Waals surface area contributed by atoms with E-state index in [4.69, 9.17) is 12.2 Å². The van der Waals surface area contributed by atoms with E-state index in [1.54, 1.807) is 11.2 Å². The predicted molar refractivity (Wildman–Crippen MR) is 87.3 cm³/mol. The molecular formula is C14H20N2OS2. The van der Waals surface area contributed by atoms with Crippen LogP contribution in [0.1, 0.15) is 27.7 Å². The molecule has 1 aromatic rings.